The van der Waals surface area contributed by atoms with Crippen molar-refractivity contribution >= 4 is 40.2 Å². The molecule has 1 aliphatic heterocycles. The zero-order valence-corrected chi connectivity index (χ0v) is 18.6. The molecular formula is C15H21N2NaO9S. The molecule has 1 unspecified atom stereocenters. The van der Waals surface area contributed by atoms with Crippen LogP contribution in [0.1, 0.15) is 32.1 Å². The van der Waals surface area contributed by atoms with Crippen molar-refractivity contribution in [2.45, 2.75) is 32.1 Å². The van der Waals surface area contributed by atoms with Crippen LogP contribution in [0.3, 0.4) is 0 Å². The van der Waals surface area contributed by atoms with Gasteiger partial charge in [-0.15, -0.1) is 0 Å². The zero-order valence-electron chi connectivity index (χ0n) is 15.8. The van der Waals surface area contributed by atoms with Crippen LogP contribution in [0.25, 0.3) is 0 Å². The van der Waals surface area contributed by atoms with Crippen molar-refractivity contribution in [3.8, 4) is 0 Å². The molecule has 0 aliphatic carbocycles. The van der Waals surface area contributed by atoms with Gasteiger partial charge in [-0.2, -0.15) is 0 Å². The van der Waals surface area contributed by atoms with E-state index in [4.69, 9.17) is 0 Å². The third-order valence-corrected chi connectivity index (χ3v) is 4.72. The predicted molar refractivity (Wildman–Crippen MR) is 88.0 cm³/mol. The predicted octanol–water partition coefficient (Wildman–Crippen LogP) is -3.73. The number of carbonyl (C=O) groups excluding carboxylic acids is 5. The topological polar surface area (TPSA) is 158 Å². The van der Waals surface area contributed by atoms with Crippen LogP contribution in [-0.2, 0) is 34.0 Å². The van der Waals surface area contributed by atoms with Gasteiger partial charge in [-0.1, -0.05) is 6.42 Å². The van der Waals surface area contributed by atoms with Crippen molar-refractivity contribution in [2.75, 3.05) is 26.0 Å². The molecule has 1 heterocycles. The molecule has 1 rings (SSSR count). The molecule has 0 aromatic rings. The summed E-state index contributed by atoms with van der Waals surface area (Å²) in [5.41, 5.74) is 0. The average Bonchev–Trinajstić information content (AvgIpc) is 2.59. The Morgan fingerprint density at radius 3 is 2.07 bits per heavy atom. The van der Waals surface area contributed by atoms with Crippen molar-refractivity contribution in [3.05, 3.63) is 0 Å². The summed E-state index contributed by atoms with van der Waals surface area (Å²) in [6.07, 6.45) is 1.33. The first kappa shape index (κ1) is 26.7. The van der Waals surface area contributed by atoms with Crippen LogP contribution in [0.5, 0.6) is 0 Å². The number of unbranched alkanes of at least 4 members (excludes halogenated alkanes) is 2. The Morgan fingerprint density at radius 1 is 1.07 bits per heavy atom. The second-order valence-corrected chi connectivity index (χ2v) is 7.40. The molecule has 0 aromatic heterocycles. The summed E-state index contributed by atoms with van der Waals surface area (Å²) < 4.78 is 36.4. The Hall–Kier alpha value is -1.34. The molecule has 0 spiro atoms. The van der Waals surface area contributed by atoms with Gasteiger partial charge in [-0.25, -0.2) is 13.2 Å². The zero-order chi connectivity index (χ0) is 20.6. The largest absolute Gasteiger partial charge is 1.00 e. The molecule has 1 atom stereocenters. The van der Waals surface area contributed by atoms with Crippen molar-refractivity contribution in [2.24, 2.45) is 5.92 Å². The van der Waals surface area contributed by atoms with Gasteiger partial charge in [0.1, 0.15) is 6.29 Å². The van der Waals surface area contributed by atoms with Gasteiger partial charge < -0.3 is 14.1 Å². The molecular weight excluding hydrogens is 407 g/mol. The van der Waals surface area contributed by atoms with Gasteiger partial charge in [0.2, 0.25) is 0 Å². The summed E-state index contributed by atoms with van der Waals surface area (Å²) in [5, 5.41) is 0. The van der Waals surface area contributed by atoms with Gasteiger partial charge in [0, 0.05) is 25.3 Å². The Labute approximate surface area is 184 Å². The van der Waals surface area contributed by atoms with Gasteiger partial charge in [-0.3, -0.25) is 24.2 Å². The fourth-order valence-electron chi connectivity index (χ4n) is 2.52. The Kier molecular flexibility index (Phi) is 11.7. The van der Waals surface area contributed by atoms with Crippen LogP contribution >= 0.6 is 0 Å². The molecule has 0 bridgehead atoms. The SMILES string of the molecule is COC(=O)CCCCCN1C(=O)C(C=O)C(=O)N(CCCS(=O)(=O)[O-])C1=O.[Na+]. The number of carbonyl (C=O) groups is 5. The van der Waals surface area contributed by atoms with Crippen molar-refractivity contribution in [1.29, 1.82) is 0 Å². The second kappa shape index (κ2) is 12.3. The number of urea groups is 1. The maximum absolute atomic E-state index is 12.4. The number of esters is 1. The number of barbiturate groups is 1. The molecule has 0 aromatic carbocycles. The van der Waals surface area contributed by atoms with E-state index < -0.39 is 46.2 Å². The summed E-state index contributed by atoms with van der Waals surface area (Å²) in [6, 6.07) is -0.959. The molecule has 1 saturated heterocycles. The van der Waals surface area contributed by atoms with E-state index in [9.17, 15) is 36.9 Å². The number of nitrogens with zero attached hydrogens (tertiary/aromatic N) is 2. The molecule has 4 amide bonds. The van der Waals surface area contributed by atoms with Crippen molar-refractivity contribution in [1.82, 2.24) is 9.80 Å². The average molecular weight is 428 g/mol. The summed E-state index contributed by atoms with van der Waals surface area (Å²) in [4.78, 5) is 60.1. The normalized spacial score (nSPS) is 17.4. The second-order valence-electron chi connectivity index (χ2n) is 5.88. The first-order valence-electron chi connectivity index (χ1n) is 8.24. The summed E-state index contributed by atoms with van der Waals surface area (Å²) in [5.74, 6) is -4.82. The Balaban J connectivity index is 0.00000729. The number of hydrogen-bond acceptors (Lipinski definition) is 9. The smallest absolute Gasteiger partial charge is 0.748 e. The fourth-order valence-corrected chi connectivity index (χ4v) is 3.00. The monoisotopic (exact) mass is 428 g/mol. The Bertz CT molecular complexity index is 710. The first-order chi connectivity index (χ1) is 12.6. The molecule has 28 heavy (non-hydrogen) atoms. The number of methoxy groups -OCH3 is 1. The van der Waals surface area contributed by atoms with Gasteiger partial charge >= 0.3 is 41.6 Å². The molecule has 152 valence electrons. The number of amides is 4. The Morgan fingerprint density at radius 2 is 1.61 bits per heavy atom. The summed E-state index contributed by atoms with van der Waals surface area (Å²) in [7, 11) is -3.26. The molecule has 0 radical (unpaired) electrons. The standard InChI is InChI=1S/C15H22N2O9S.Na/c1-26-12(19)6-3-2-4-7-16-13(20)11(10-18)14(21)17(15(16)22)8-5-9-27(23,24)25;/h10-11H,2-9H2,1H3,(H,23,24,25);/q;+1/p-1. The van der Waals surface area contributed by atoms with E-state index in [1.54, 1.807) is 0 Å². The van der Waals surface area contributed by atoms with Crippen LogP contribution in [-0.4, -0.2) is 78.8 Å². The van der Waals surface area contributed by atoms with Crippen LogP contribution < -0.4 is 29.6 Å². The van der Waals surface area contributed by atoms with Crippen LogP contribution in [0.4, 0.5) is 4.79 Å². The van der Waals surface area contributed by atoms with E-state index in [1.165, 1.54) is 7.11 Å². The van der Waals surface area contributed by atoms with Gasteiger partial charge in [-0.05, 0) is 19.3 Å². The molecule has 1 fully saturated rings. The number of aldehydes is 1. The van der Waals surface area contributed by atoms with E-state index in [0.29, 0.717) is 24.2 Å². The fraction of sp³-hybridized carbons (Fsp3) is 0.667. The third-order valence-electron chi connectivity index (χ3n) is 3.93. The number of rotatable bonds is 11. The van der Waals surface area contributed by atoms with E-state index >= 15 is 0 Å². The molecule has 0 saturated carbocycles. The van der Waals surface area contributed by atoms with Crippen molar-refractivity contribution < 1.29 is 71.2 Å². The third kappa shape index (κ3) is 7.95. The maximum Gasteiger partial charge on any atom is 1.00 e. The maximum atomic E-state index is 12.4. The van der Waals surface area contributed by atoms with E-state index in [-0.39, 0.29) is 61.2 Å². The van der Waals surface area contributed by atoms with Gasteiger partial charge in [0.15, 0.2) is 5.92 Å². The van der Waals surface area contributed by atoms with E-state index in [0.717, 1.165) is 4.90 Å². The number of ether oxygens (including phenoxy) is 1. The van der Waals surface area contributed by atoms with E-state index in [1.807, 2.05) is 0 Å². The molecule has 13 heteroatoms. The number of hydrogen-bond donors (Lipinski definition) is 0. The van der Waals surface area contributed by atoms with Crippen LogP contribution in [0.2, 0.25) is 0 Å². The van der Waals surface area contributed by atoms with Gasteiger partial charge in [0.05, 0.1) is 17.2 Å². The first-order valence-corrected chi connectivity index (χ1v) is 9.82. The summed E-state index contributed by atoms with van der Waals surface area (Å²) in [6.45, 7) is -0.456. The molecule has 11 nitrogen and oxygen atoms in total. The van der Waals surface area contributed by atoms with Crippen molar-refractivity contribution in [3.63, 3.8) is 0 Å². The van der Waals surface area contributed by atoms with Crippen LogP contribution in [0, 0.1) is 5.92 Å². The minimum Gasteiger partial charge on any atom is -0.748 e. The minimum atomic E-state index is -4.52. The number of imide groups is 2. The van der Waals surface area contributed by atoms with Gasteiger partial charge in [0.25, 0.3) is 11.8 Å². The quantitative estimate of drug-likeness (QED) is 0.0805. The summed E-state index contributed by atoms with van der Waals surface area (Å²) >= 11 is 0. The van der Waals surface area contributed by atoms with E-state index in [2.05, 4.69) is 4.74 Å². The molecule has 1 aliphatic rings. The molecule has 0 N–H and O–H groups in total. The van der Waals surface area contributed by atoms with Crippen LogP contribution in [0.15, 0.2) is 0 Å². The minimum absolute atomic E-state index is 0.